The van der Waals surface area contributed by atoms with Crippen LogP contribution in [-0.4, -0.2) is 31.4 Å². The second-order valence-corrected chi connectivity index (χ2v) is 8.53. The van der Waals surface area contributed by atoms with E-state index in [4.69, 9.17) is 19.5 Å². The van der Waals surface area contributed by atoms with Crippen LogP contribution in [0.1, 0.15) is 30.5 Å². The summed E-state index contributed by atoms with van der Waals surface area (Å²) in [5, 5.41) is 8.97. The van der Waals surface area contributed by atoms with Crippen LogP contribution in [0.2, 0.25) is 0 Å². The number of esters is 1. The molecular weight excluding hydrogens is 466 g/mol. The second kappa shape index (κ2) is 10.4. The molecule has 178 valence electrons. The number of ether oxygens (including phenoxy) is 3. The van der Waals surface area contributed by atoms with Gasteiger partial charge in [-0.15, -0.1) is 0 Å². The fourth-order valence-electron chi connectivity index (χ4n) is 4.02. The molecule has 0 bridgehead atoms. The second-order valence-electron chi connectivity index (χ2n) is 7.52. The fraction of sp³-hybridized carbons (Fsp3) is 0.231. The molecule has 0 fully saturated rings. The van der Waals surface area contributed by atoms with Gasteiger partial charge in [0.1, 0.15) is 6.07 Å². The maximum absolute atomic E-state index is 13.7. The van der Waals surface area contributed by atoms with Gasteiger partial charge in [-0.1, -0.05) is 60.7 Å². The number of methoxy groups -OCH3 is 2. The van der Waals surface area contributed by atoms with Crippen molar-refractivity contribution in [1.82, 2.24) is 4.57 Å². The maximum atomic E-state index is 13.7. The van der Waals surface area contributed by atoms with E-state index in [1.165, 1.54) is 30.1 Å². The van der Waals surface area contributed by atoms with Crippen LogP contribution in [0.15, 0.2) is 69.6 Å². The first-order chi connectivity index (χ1) is 17.0. The van der Waals surface area contributed by atoms with E-state index in [0.29, 0.717) is 44.1 Å². The summed E-state index contributed by atoms with van der Waals surface area (Å²) in [4.78, 5) is 31.7. The van der Waals surface area contributed by atoms with Crippen LogP contribution in [0.5, 0.6) is 11.5 Å². The van der Waals surface area contributed by atoms with Crippen molar-refractivity contribution in [3.63, 3.8) is 0 Å². The smallest absolute Gasteiger partial charge is 0.338 e. The highest BCUT2D eigenvalue weighted by Crippen LogP contribution is 2.33. The number of hydrogen-bond donors (Lipinski definition) is 0. The van der Waals surface area contributed by atoms with Crippen molar-refractivity contribution in [2.24, 2.45) is 4.99 Å². The summed E-state index contributed by atoms with van der Waals surface area (Å²) in [6, 6.07) is 15.9. The predicted molar refractivity (Wildman–Crippen MR) is 131 cm³/mol. The molecule has 0 radical (unpaired) electrons. The highest BCUT2D eigenvalue weighted by Gasteiger charge is 2.33. The molecule has 2 aromatic carbocycles. The molecule has 2 heterocycles. The van der Waals surface area contributed by atoms with Crippen molar-refractivity contribution in [2.75, 3.05) is 20.8 Å². The minimum Gasteiger partial charge on any atom is -0.493 e. The van der Waals surface area contributed by atoms with Crippen LogP contribution in [-0.2, 0) is 9.53 Å². The van der Waals surface area contributed by atoms with Gasteiger partial charge in [-0.05, 0) is 24.1 Å². The molecule has 1 aromatic heterocycles. The number of fused-ring (bicyclic) bond motifs is 1. The molecule has 0 spiro atoms. The Balaban J connectivity index is 1.98. The number of allylic oxidation sites excluding steroid dienone is 1. The molecule has 0 unspecified atom stereocenters. The SMILES string of the molecule is CCC1=C(C(=O)OC)[C@H](c2ccccc2)n2c(s/c(=C/c3cccc(OC)c3OCC#N)c2=O)=N1. The third-order valence-corrected chi connectivity index (χ3v) is 6.55. The van der Waals surface area contributed by atoms with Gasteiger partial charge in [-0.2, -0.15) is 5.26 Å². The zero-order valence-electron chi connectivity index (χ0n) is 19.5. The van der Waals surface area contributed by atoms with Gasteiger partial charge in [0, 0.05) is 5.56 Å². The number of nitrogens with zero attached hydrogens (tertiary/aromatic N) is 3. The summed E-state index contributed by atoms with van der Waals surface area (Å²) in [7, 11) is 2.83. The normalized spacial score (nSPS) is 15.1. The van der Waals surface area contributed by atoms with E-state index < -0.39 is 12.0 Å². The minimum absolute atomic E-state index is 0.168. The molecule has 1 atom stereocenters. The number of hydrogen-bond acceptors (Lipinski definition) is 8. The Hall–Kier alpha value is -4.16. The zero-order chi connectivity index (χ0) is 24.9. The Labute approximate surface area is 205 Å². The van der Waals surface area contributed by atoms with Crippen molar-refractivity contribution in [3.05, 3.63) is 90.6 Å². The zero-order valence-corrected chi connectivity index (χ0v) is 20.3. The summed E-state index contributed by atoms with van der Waals surface area (Å²) in [5.41, 5.74) is 2.00. The number of carbonyl (C=O) groups excluding carboxylic acids is 1. The molecule has 0 amide bonds. The average Bonchev–Trinajstić information content (AvgIpc) is 3.20. The lowest BCUT2D eigenvalue weighted by Crippen LogP contribution is -2.40. The molecule has 0 saturated carbocycles. The van der Waals surface area contributed by atoms with Crippen LogP contribution in [0, 0.1) is 11.3 Å². The Morgan fingerprint density at radius 1 is 1.20 bits per heavy atom. The van der Waals surface area contributed by atoms with Crippen LogP contribution < -0.4 is 24.4 Å². The summed E-state index contributed by atoms with van der Waals surface area (Å²) in [6.45, 7) is 1.74. The van der Waals surface area contributed by atoms with Crippen molar-refractivity contribution >= 4 is 23.4 Å². The Kier molecular flexibility index (Phi) is 7.13. The number of carbonyl (C=O) groups is 1. The van der Waals surface area contributed by atoms with E-state index in [1.54, 1.807) is 24.3 Å². The monoisotopic (exact) mass is 489 g/mol. The van der Waals surface area contributed by atoms with E-state index in [-0.39, 0.29) is 12.2 Å². The Bertz CT molecular complexity index is 1510. The van der Waals surface area contributed by atoms with Gasteiger partial charge < -0.3 is 14.2 Å². The standard InChI is InChI=1S/C26H23N3O5S/c1-4-18-21(25(31)33-3)22(16-9-6-5-7-10-16)29-24(30)20(35-26(29)28-18)15-17-11-8-12-19(32-2)23(17)34-14-13-27/h5-12,15,22H,4,14H2,1-3H3/b20-15+/t22-/m0/s1. The van der Waals surface area contributed by atoms with Gasteiger partial charge in [0.05, 0.1) is 36.1 Å². The van der Waals surface area contributed by atoms with Crippen LogP contribution >= 0.6 is 11.3 Å². The first-order valence-corrected chi connectivity index (χ1v) is 11.7. The van der Waals surface area contributed by atoms with E-state index >= 15 is 0 Å². The number of rotatable bonds is 7. The number of thiazole rings is 1. The molecule has 0 aliphatic carbocycles. The molecule has 1 aliphatic heterocycles. The van der Waals surface area contributed by atoms with E-state index in [9.17, 15) is 9.59 Å². The van der Waals surface area contributed by atoms with Crippen LogP contribution in [0.4, 0.5) is 0 Å². The Morgan fingerprint density at radius 3 is 2.63 bits per heavy atom. The minimum atomic E-state index is -0.670. The number of para-hydroxylation sites is 1. The van der Waals surface area contributed by atoms with Gasteiger partial charge in [-0.3, -0.25) is 9.36 Å². The van der Waals surface area contributed by atoms with Crippen molar-refractivity contribution < 1.29 is 19.0 Å². The van der Waals surface area contributed by atoms with Gasteiger partial charge in [0.25, 0.3) is 5.56 Å². The van der Waals surface area contributed by atoms with E-state index in [1.807, 2.05) is 43.3 Å². The molecule has 4 rings (SSSR count). The van der Waals surface area contributed by atoms with Gasteiger partial charge in [0.2, 0.25) is 0 Å². The molecule has 0 saturated heterocycles. The van der Waals surface area contributed by atoms with Crippen molar-refractivity contribution in [3.8, 4) is 17.6 Å². The number of nitriles is 1. The molecule has 9 heteroatoms. The summed E-state index contributed by atoms with van der Waals surface area (Å²) in [6.07, 6.45) is 2.19. The van der Waals surface area contributed by atoms with E-state index in [0.717, 1.165) is 5.56 Å². The van der Waals surface area contributed by atoms with Crippen LogP contribution in [0.25, 0.3) is 6.08 Å². The average molecular weight is 490 g/mol. The van der Waals surface area contributed by atoms with Gasteiger partial charge >= 0.3 is 5.97 Å². The molecule has 8 nitrogen and oxygen atoms in total. The van der Waals surface area contributed by atoms with Crippen LogP contribution in [0.3, 0.4) is 0 Å². The Morgan fingerprint density at radius 2 is 1.97 bits per heavy atom. The molecule has 35 heavy (non-hydrogen) atoms. The predicted octanol–water partition coefficient (Wildman–Crippen LogP) is 2.71. The van der Waals surface area contributed by atoms with E-state index in [2.05, 4.69) is 4.99 Å². The summed E-state index contributed by atoms with van der Waals surface area (Å²) in [5.74, 6) is 0.297. The molecule has 0 N–H and O–H groups in total. The molecule has 1 aliphatic rings. The van der Waals surface area contributed by atoms with Gasteiger partial charge in [0.15, 0.2) is 22.9 Å². The maximum Gasteiger partial charge on any atom is 0.338 e. The topological polar surface area (TPSA) is 103 Å². The highest BCUT2D eigenvalue weighted by molar-refractivity contribution is 7.07. The van der Waals surface area contributed by atoms with Crippen molar-refractivity contribution in [1.29, 1.82) is 5.26 Å². The lowest BCUT2D eigenvalue weighted by Gasteiger charge is -2.25. The molecule has 3 aromatic rings. The summed E-state index contributed by atoms with van der Waals surface area (Å²) < 4.78 is 18.0. The fourth-order valence-corrected chi connectivity index (χ4v) is 5.03. The number of aromatic nitrogens is 1. The lowest BCUT2D eigenvalue weighted by atomic mass is 9.95. The lowest BCUT2D eigenvalue weighted by molar-refractivity contribution is -0.136. The first-order valence-electron chi connectivity index (χ1n) is 10.9. The van der Waals surface area contributed by atoms with Gasteiger partial charge in [-0.25, -0.2) is 9.79 Å². The highest BCUT2D eigenvalue weighted by atomic mass is 32.1. The molecular formula is C26H23N3O5S. The first kappa shape index (κ1) is 24.0. The third kappa shape index (κ3) is 4.48. The summed E-state index contributed by atoms with van der Waals surface area (Å²) >= 11 is 1.22. The van der Waals surface area contributed by atoms with Crippen molar-refractivity contribution in [2.45, 2.75) is 19.4 Å². The largest absolute Gasteiger partial charge is 0.493 e. The quantitative estimate of drug-likeness (QED) is 0.473. The third-order valence-electron chi connectivity index (χ3n) is 5.56. The number of benzene rings is 2.